The summed E-state index contributed by atoms with van der Waals surface area (Å²) in [7, 11) is 0. The van der Waals surface area contributed by atoms with Crippen molar-refractivity contribution >= 4 is 5.57 Å². The molecule has 124 valence electrons. The molecular formula is C24H22O. The summed E-state index contributed by atoms with van der Waals surface area (Å²) in [6.07, 6.45) is 8.20. The van der Waals surface area contributed by atoms with Gasteiger partial charge in [-0.15, -0.1) is 0 Å². The zero-order valence-corrected chi connectivity index (χ0v) is 14.4. The van der Waals surface area contributed by atoms with Gasteiger partial charge in [-0.1, -0.05) is 66.7 Å². The van der Waals surface area contributed by atoms with Gasteiger partial charge in [0.25, 0.3) is 0 Å². The average Bonchev–Trinajstić information content (AvgIpc) is 3.08. The second-order valence-electron chi connectivity index (χ2n) is 7.13. The first kappa shape index (κ1) is 14.8. The van der Waals surface area contributed by atoms with Crippen LogP contribution in [0.5, 0.6) is 0 Å². The van der Waals surface area contributed by atoms with E-state index in [0.717, 1.165) is 19.3 Å². The number of benzene rings is 2. The number of aryl methyl sites for hydroxylation is 1. The van der Waals surface area contributed by atoms with E-state index >= 15 is 0 Å². The van der Waals surface area contributed by atoms with Gasteiger partial charge in [0.1, 0.15) is 11.5 Å². The van der Waals surface area contributed by atoms with E-state index in [1.807, 2.05) is 0 Å². The van der Waals surface area contributed by atoms with Crippen LogP contribution < -0.4 is 0 Å². The monoisotopic (exact) mass is 326 g/mol. The molecule has 1 heteroatoms. The van der Waals surface area contributed by atoms with Gasteiger partial charge in [-0.05, 0) is 42.4 Å². The molecule has 0 bridgehead atoms. The fourth-order valence-electron chi connectivity index (χ4n) is 4.43. The normalized spacial score (nSPS) is 19.0. The van der Waals surface area contributed by atoms with Crippen LogP contribution in [0.1, 0.15) is 59.0 Å². The second kappa shape index (κ2) is 6.07. The molecule has 1 aromatic heterocycles. The lowest BCUT2D eigenvalue weighted by Crippen LogP contribution is -2.09. The van der Waals surface area contributed by atoms with Gasteiger partial charge in [0, 0.05) is 23.5 Å². The summed E-state index contributed by atoms with van der Waals surface area (Å²) in [4.78, 5) is 0. The Bertz CT molecular complexity index is 915. The van der Waals surface area contributed by atoms with Crippen LogP contribution in [0.3, 0.4) is 0 Å². The Morgan fingerprint density at radius 1 is 0.800 bits per heavy atom. The van der Waals surface area contributed by atoms with E-state index in [-0.39, 0.29) is 0 Å². The Labute approximate surface area is 149 Å². The molecule has 0 radical (unpaired) electrons. The molecule has 1 atom stereocenters. The second-order valence-corrected chi connectivity index (χ2v) is 7.13. The first-order chi connectivity index (χ1) is 12.4. The van der Waals surface area contributed by atoms with E-state index in [1.165, 1.54) is 52.2 Å². The van der Waals surface area contributed by atoms with Crippen LogP contribution in [0.2, 0.25) is 0 Å². The third kappa shape index (κ3) is 2.46. The van der Waals surface area contributed by atoms with Gasteiger partial charge in [0.2, 0.25) is 0 Å². The zero-order valence-electron chi connectivity index (χ0n) is 14.4. The summed E-state index contributed by atoms with van der Waals surface area (Å²) in [6.45, 7) is 0. The molecule has 0 N–H and O–H groups in total. The van der Waals surface area contributed by atoms with Crippen molar-refractivity contribution in [3.05, 3.63) is 101 Å². The molecule has 2 aliphatic carbocycles. The molecule has 1 unspecified atom stereocenters. The van der Waals surface area contributed by atoms with Crippen molar-refractivity contribution in [1.82, 2.24) is 0 Å². The molecule has 5 rings (SSSR count). The molecule has 0 saturated carbocycles. The lowest BCUT2D eigenvalue weighted by Gasteiger charge is -2.23. The minimum Gasteiger partial charge on any atom is -0.464 e. The minimum absolute atomic E-state index is 0.342. The number of hydrogen-bond acceptors (Lipinski definition) is 1. The van der Waals surface area contributed by atoms with Crippen LogP contribution >= 0.6 is 0 Å². The molecule has 0 saturated heterocycles. The number of hydrogen-bond donors (Lipinski definition) is 0. The van der Waals surface area contributed by atoms with E-state index in [0.29, 0.717) is 5.92 Å². The minimum atomic E-state index is 0.342. The smallest absolute Gasteiger partial charge is 0.120 e. The van der Waals surface area contributed by atoms with E-state index < -0.39 is 0 Å². The van der Waals surface area contributed by atoms with E-state index in [2.05, 4.69) is 66.7 Å². The quantitative estimate of drug-likeness (QED) is 0.552. The summed E-state index contributed by atoms with van der Waals surface area (Å²) in [6, 6.07) is 21.6. The van der Waals surface area contributed by atoms with E-state index in [1.54, 1.807) is 0 Å². The maximum atomic E-state index is 6.51. The van der Waals surface area contributed by atoms with Gasteiger partial charge in [-0.2, -0.15) is 0 Å². The number of allylic oxidation sites excluding steroid dienone is 1. The molecule has 2 aromatic carbocycles. The van der Waals surface area contributed by atoms with Crippen molar-refractivity contribution in [1.29, 1.82) is 0 Å². The number of fused-ring (bicyclic) bond motifs is 3. The molecule has 0 amide bonds. The Hall–Kier alpha value is -2.54. The topological polar surface area (TPSA) is 13.1 Å². The molecule has 2 aliphatic rings. The van der Waals surface area contributed by atoms with Crippen molar-refractivity contribution in [2.75, 3.05) is 0 Å². The fourth-order valence-corrected chi connectivity index (χ4v) is 4.43. The standard InChI is InChI=1S/C24H22O/c1-3-9-17(10-4-1)19-15-16-20(18-11-5-2-6-12-18)24-23(19)21-13-7-8-14-22(21)25-24/h1-6,9-12,15,20H,7-8,13-14,16H2. The largest absolute Gasteiger partial charge is 0.464 e. The Morgan fingerprint density at radius 2 is 1.52 bits per heavy atom. The van der Waals surface area contributed by atoms with Crippen molar-refractivity contribution in [3.63, 3.8) is 0 Å². The van der Waals surface area contributed by atoms with Gasteiger partial charge in [0.05, 0.1) is 0 Å². The van der Waals surface area contributed by atoms with Crippen molar-refractivity contribution in [3.8, 4) is 0 Å². The number of furan rings is 1. The fraction of sp³-hybridized carbons (Fsp3) is 0.250. The van der Waals surface area contributed by atoms with Crippen LogP contribution in [0.4, 0.5) is 0 Å². The molecular weight excluding hydrogens is 304 g/mol. The molecule has 25 heavy (non-hydrogen) atoms. The molecule has 3 aromatic rings. The SMILES string of the molecule is C1=C(c2ccccc2)c2c(oc3c2CCCC3)C(c2ccccc2)C1. The predicted octanol–water partition coefficient (Wildman–Crippen LogP) is 6.13. The summed E-state index contributed by atoms with van der Waals surface area (Å²) < 4.78 is 6.51. The summed E-state index contributed by atoms with van der Waals surface area (Å²) in [5, 5.41) is 0. The van der Waals surface area contributed by atoms with Gasteiger partial charge in [-0.3, -0.25) is 0 Å². The van der Waals surface area contributed by atoms with Crippen LogP contribution in [-0.4, -0.2) is 0 Å². The molecule has 1 nitrogen and oxygen atoms in total. The van der Waals surface area contributed by atoms with Crippen molar-refractivity contribution in [2.24, 2.45) is 0 Å². The third-order valence-corrected chi connectivity index (χ3v) is 5.63. The summed E-state index contributed by atoms with van der Waals surface area (Å²) >= 11 is 0. The molecule has 0 spiro atoms. The zero-order chi connectivity index (χ0) is 16.6. The summed E-state index contributed by atoms with van der Waals surface area (Å²) in [5.41, 5.74) is 6.90. The van der Waals surface area contributed by atoms with Gasteiger partial charge >= 0.3 is 0 Å². The molecule has 1 heterocycles. The highest BCUT2D eigenvalue weighted by Gasteiger charge is 2.32. The lowest BCUT2D eigenvalue weighted by molar-refractivity contribution is 0.428. The number of rotatable bonds is 2. The maximum Gasteiger partial charge on any atom is 0.120 e. The van der Waals surface area contributed by atoms with Crippen LogP contribution in [0.15, 0.2) is 71.2 Å². The third-order valence-electron chi connectivity index (χ3n) is 5.63. The first-order valence-corrected chi connectivity index (χ1v) is 9.37. The first-order valence-electron chi connectivity index (χ1n) is 9.37. The highest BCUT2D eigenvalue weighted by Crippen LogP contribution is 2.46. The molecule has 0 aliphatic heterocycles. The van der Waals surface area contributed by atoms with Gasteiger partial charge in [0.15, 0.2) is 0 Å². The van der Waals surface area contributed by atoms with Gasteiger partial charge in [-0.25, -0.2) is 0 Å². The predicted molar refractivity (Wildman–Crippen MR) is 102 cm³/mol. The van der Waals surface area contributed by atoms with E-state index in [9.17, 15) is 0 Å². The van der Waals surface area contributed by atoms with Crippen molar-refractivity contribution in [2.45, 2.75) is 38.0 Å². The van der Waals surface area contributed by atoms with Crippen LogP contribution in [0.25, 0.3) is 5.57 Å². The van der Waals surface area contributed by atoms with E-state index in [4.69, 9.17) is 4.42 Å². The Balaban J connectivity index is 1.70. The highest BCUT2D eigenvalue weighted by molar-refractivity contribution is 5.84. The lowest BCUT2D eigenvalue weighted by atomic mass is 9.79. The Kier molecular flexibility index (Phi) is 3.59. The van der Waals surface area contributed by atoms with Gasteiger partial charge < -0.3 is 4.42 Å². The Morgan fingerprint density at radius 3 is 2.32 bits per heavy atom. The molecule has 0 fully saturated rings. The highest BCUT2D eigenvalue weighted by atomic mass is 16.3. The van der Waals surface area contributed by atoms with Crippen molar-refractivity contribution < 1.29 is 4.42 Å². The van der Waals surface area contributed by atoms with Crippen LogP contribution in [0, 0.1) is 0 Å². The van der Waals surface area contributed by atoms with Crippen LogP contribution in [-0.2, 0) is 12.8 Å². The average molecular weight is 326 g/mol. The summed E-state index contributed by atoms with van der Waals surface area (Å²) in [5.74, 6) is 2.77. The maximum absolute atomic E-state index is 6.51.